The number of nitrogen functional groups attached to an aromatic ring is 1. The van der Waals surface area contributed by atoms with Gasteiger partial charge < -0.3 is 11.5 Å². The van der Waals surface area contributed by atoms with Gasteiger partial charge in [0.15, 0.2) is 0 Å². The number of amides is 1. The molecule has 0 saturated heterocycles. The molecule has 2 aromatic heterocycles. The molecule has 2 heterocycles. The van der Waals surface area contributed by atoms with Gasteiger partial charge in [0.05, 0.1) is 22.3 Å². The molecular formula is C22H25N5OS. The number of hydrogen-bond acceptors (Lipinski definition) is 5. The molecule has 2 aliphatic carbocycles. The molecule has 7 heteroatoms. The molecule has 3 aromatic rings. The zero-order valence-electron chi connectivity index (χ0n) is 16.3. The van der Waals surface area contributed by atoms with E-state index in [-0.39, 0.29) is 5.41 Å². The van der Waals surface area contributed by atoms with Crippen molar-refractivity contribution >= 4 is 22.2 Å². The Morgan fingerprint density at radius 1 is 1.28 bits per heavy atom. The normalized spacial score (nSPS) is 21.1. The van der Waals surface area contributed by atoms with Gasteiger partial charge in [-0.15, -0.1) is 16.4 Å². The number of anilines is 1. The quantitative estimate of drug-likeness (QED) is 0.654. The number of primary amides is 1. The van der Waals surface area contributed by atoms with Crippen molar-refractivity contribution in [3.8, 4) is 0 Å². The summed E-state index contributed by atoms with van der Waals surface area (Å²) in [4.78, 5) is 13.1. The van der Waals surface area contributed by atoms with Gasteiger partial charge in [-0.05, 0) is 56.1 Å². The molecule has 0 radical (unpaired) electrons. The number of nitrogens with two attached hydrogens (primary N) is 2. The van der Waals surface area contributed by atoms with Crippen molar-refractivity contribution in [1.82, 2.24) is 15.0 Å². The fourth-order valence-electron chi connectivity index (χ4n) is 4.68. The van der Waals surface area contributed by atoms with E-state index in [1.165, 1.54) is 34.6 Å². The molecule has 5 rings (SSSR count). The van der Waals surface area contributed by atoms with E-state index in [2.05, 4.69) is 46.8 Å². The Balaban J connectivity index is 1.45. The monoisotopic (exact) mass is 407 g/mol. The molecule has 0 spiro atoms. The molecule has 1 atom stereocenters. The fraction of sp³-hybridized carbons (Fsp3) is 0.409. The van der Waals surface area contributed by atoms with Crippen molar-refractivity contribution < 1.29 is 4.79 Å². The number of aryl methyl sites for hydroxylation is 1. The van der Waals surface area contributed by atoms with E-state index in [0.29, 0.717) is 16.6 Å². The zero-order valence-corrected chi connectivity index (χ0v) is 17.1. The summed E-state index contributed by atoms with van der Waals surface area (Å²) in [6.07, 6.45) is 9.08. The van der Waals surface area contributed by atoms with Gasteiger partial charge in [-0.25, -0.2) is 4.68 Å². The Hall–Kier alpha value is -2.67. The second-order valence-corrected chi connectivity index (χ2v) is 9.49. The van der Waals surface area contributed by atoms with Crippen LogP contribution in [-0.4, -0.2) is 20.9 Å². The van der Waals surface area contributed by atoms with Gasteiger partial charge in [0.25, 0.3) is 5.91 Å². The van der Waals surface area contributed by atoms with Crippen molar-refractivity contribution in [2.24, 2.45) is 5.73 Å². The first-order valence-electron chi connectivity index (χ1n) is 10.2. The SMILES string of the molecule is NC(=O)c1c(N)sc2c1CCC(CCc1cn(C3CC3)nn1)(c1ccccc1)C2. The Labute approximate surface area is 173 Å². The third-order valence-corrected chi connectivity index (χ3v) is 7.50. The van der Waals surface area contributed by atoms with Crippen LogP contribution in [0.5, 0.6) is 0 Å². The van der Waals surface area contributed by atoms with Crippen molar-refractivity contribution in [2.75, 3.05) is 5.73 Å². The van der Waals surface area contributed by atoms with Crippen LogP contribution in [0.25, 0.3) is 0 Å². The maximum absolute atomic E-state index is 11.9. The smallest absolute Gasteiger partial charge is 0.251 e. The second-order valence-electron chi connectivity index (χ2n) is 8.35. The minimum atomic E-state index is -0.413. The first-order valence-corrected chi connectivity index (χ1v) is 11.0. The largest absolute Gasteiger partial charge is 0.390 e. The molecule has 29 heavy (non-hydrogen) atoms. The molecule has 1 fully saturated rings. The molecule has 0 aliphatic heterocycles. The molecule has 6 nitrogen and oxygen atoms in total. The minimum absolute atomic E-state index is 0.00380. The summed E-state index contributed by atoms with van der Waals surface area (Å²) in [6.45, 7) is 0. The van der Waals surface area contributed by atoms with Crippen LogP contribution in [-0.2, 0) is 24.7 Å². The molecule has 1 amide bonds. The highest BCUT2D eigenvalue weighted by Crippen LogP contribution is 2.46. The van der Waals surface area contributed by atoms with E-state index in [1.807, 2.05) is 4.68 Å². The number of fused-ring (bicyclic) bond motifs is 1. The number of hydrogen-bond donors (Lipinski definition) is 2. The summed E-state index contributed by atoms with van der Waals surface area (Å²) in [5.74, 6) is -0.413. The molecule has 1 aromatic carbocycles. The Morgan fingerprint density at radius 3 is 2.79 bits per heavy atom. The van der Waals surface area contributed by atoms with Crippen LogP contribution in [0.1, 0.15) is 63.8 Å². The van der Waals surface area contributed by atoms with Crippen LogP contribution >= 0.6 is 11.3 Å². The number of benzene rings is 1. The van der Waals surface area contributed by atoms with Gasteiger partial charge in [0.1, 0.15) is 0 Å². The Bertz CT molecular complexity index is 1050. The number of nitrogens with zero attached hydrogens (tertiary/aromatic N) is 3. The standard InChI is InChI=1S/C22H25N5OS/c23-20(28)19-17-9-11-22(12-18(17)29-21(19)24,14-4-2-1-3-5-14)10-8-15-13-27(26-25-15)16-6-7-16/h1-5,13,16H,6-12,24H2,(H2,23,28). The summed E-state index contributed by atoms with van der Waals surface area (Å²) in [6, 6.07) is 11.3. The van der Waals surface area contributed by atoms with E-state index in [9.17, 15) is 4.79 Å². The zero-order chi connectivity index (χ0) is 20.0. The topological polar surface area (TPSA) is 99.8 Å². The number of thiophene rings is 1. The van der Waals surface area contributed by atoms with E-state index < -0.39 is 5.91 Å². The van der Waals surface area contributed by atoms with Crippen LogP contribution < -0.4 is 11.5 Å². The summed E-state index contributed by atoms with van der Waals surface area (Å²) >= 11 is 1.52. The summed E-state index contributed by atoms with van der Waals surface area (Å²) in [5, 5.41) is 9.27. The average Bonchev–Trinajstić information content (AvgIpc) is 3.36. The lowest BCUT2D eigenvalue weighted by Crippen LogP contribution is -2.34. The lowest BCUT2D eigenvalue weighted by Gasteiger charge is -2.38. The highest BCUT2D eigenvalue weighted by molar-refractivity contribution is 7.16. The molecular weight excluding hydrogens is 382 g/mol. The first-order chi connectivity index (χ1) is 14.1. The number of rotatable bonds is 6. The van der Waals surface area contributed by atoms with Crippen molar-refractivity contribution in [2.45, 2.75) is 56.4 Å². The van der Waals surface area contributed by atoms with Crippen molar-refractivity contribution in [1.29, 1.82) is 0 Å². The lowest BCUT2D eigenvalue weighted by molar-refractivity contribution is 0.1000. The number of carbonyl (C=O) groups is 1. The highest BCUT2D eigenvalue weighted by Gasteiger charge is 2.39. The predicted octanol–water partition coefficient (Wildman–Crippen LogP) is 3.42. The summed E-state index contributed by atoms with van der Waals surface area (Å²) in [7, 11) is 0. The van der Waals surface area contributed by atoms with Crippen molar-refractivity contribution in [3.63, 3.8) is 0 Å². The first kappa shape index (κ1) is 18.4. The summed E-state index contributed by atoms with van der Waals surface area (Å²) in [5.41, 5.74) is 15.7. The Kier molecular flexibility index (Phi) is 4.42. The maximum atomic E-state index is 11.9. The van der Waals surface area contributed by atoms with Gasteiger partial charge >= 0.3 is 0 Å². The van der Waals surface area contributed by atoms with Gasteiger partial charge in [0.2, 0.25) is 0 Å². The molecule has 150 valence electrons. The predicted molar refractivity (Wildman–Crippen MR) is 114 cm³/mol. The fourth-order valence-corrected chi connectivity index (χ4v) is 5.95. The third-order valence-electron chi connectivity index (χ3n) is 6.44. The second kappa shape index (κ2) is 6.99. The minimum Gasteiger partial charge on any atom is -0.390 e. The van der Waals surface area contributed by atoms with E-state index in [0.717, 1.165) is 43.4 Å². The van der Waals surface area contributed by atoms with Crippen LogP contribution in [0, 0.1) is 0 Å². The molecule has 1 unspecified atom stereocenters. The van der Waals surface area contributed by atoms with Crippen LogP contribution in [0.15, 0.2) is 36.5 Å². The van der Waals surface area contributed by atoms with Gasteiger partial charge in [-0.2, -0.15) is 0 Å². The molecule has 2 aliphatic rings. The van der Waals surface area contributed by atoms with Crippen molar-refractivity contribution in [3.05, 3.63) is 63.8 Å². The summed E-state index contributed by atoms with van der Waals surface area (Å²) < 4.78 is 2.02. The van der Waals surface area contributed by atoms with Crippen LogP contribution in [0.2, 0.25) is 0 Å². The molecule has 1 saturated carbocycles. The number of aromatic nitrogens is 3. The highest BCUT2D eigenvalue weighted by atomic mass is 32.1. The maximum Gasteiger partial charge on any atom is 0.251 e. The van der Waals surface area contributed by atoms with Crippen LogP contribution in [0.3, 0.4) is 0 Å². The Morgan fingerprint density at radius 2 is 2.07 bits per heavy atom. The van der Waals surface area contributed by atoms with Gasteiger partial charge in [-0.3, -0.25) is 4.79 Å². The average molecular weight is 408 g/mol. The van der Waals surface area contributed by atoms with E-state index in [1.54, 1.807) is 0 Å². The van der Waals surface area contributed by atoms with E-state index in [4.69, 9.17) is 11.5 Å². The molecule has 0 bridgehead atoms. The van der Waals surface area contributed by atoms with Crippen LogP contribution in [0.4, 0.5) is 5.00 Å². The third kappa shape index (κ3) is 3.33. The van der Waals surface area contributed by atoms with Gasteiger partial charge in [0, 0.05) is 16.5 Å². The van der Waals surface area contributed by atoms with Gasteiger partial charge in [-0.1, -0.05) is 35.5 Å². The van der Waals surface area contributed by atoms with E-state index >= 15 is 0 Å². The molecule has 4 N–H and O–H groups in total. The number of carbonyl (C=O) groups excluding carboxylic acids is 1. The lowest BCUT2D eigenvalue weighted by atomic mass is 9.66.